The van der Waals surface area contributed by atoms with Gasteiger partial charge in [-0.15, -0.1) is 0 Å². The van der Waals surface area contributed by atoms with Gasteiger partial charge in [0.05, 0.1) is 0 Å². The van der Waals surface area contributed by atoms with Crippen molar-refractivity contribution < 1.29 is 0 Å². The van der Waals surface area contributed by atoms with E-state index in [0.717, 1.165) is 30.7 Å². The first-order chi connectivity index (χ1) is 10.0. The molecule has 21 heavy (non-hydrogen) atoms. The third kappa shape index (κ3) is 4.30. The van der Waals surface area contributed by atoms with Crippen molar-refractivity contribution in [3.63, 3.8) is 0 Å². The normalized spacial score (nSPS) is 22.1. The summed E-state index contributed by atoms with van der Waals surface area (Å²) in [5.74, 6) is 1.19. The zero-order chi connectivity index (χ0) is 14.9. The molecular formula is C17H25ClN2S. The van der Waals surface area contributed by atoms with E-state index in [1.807, 2.05) is 0 Å². The van der Waals surface area contributed by atoms with Gasteiger partial charge in [0.2, 0.25) is 0 Å². The molecule has 2 aliphatic rings. The number of thioether (sulfide) groups is 1. The Bertz CT molecular complexity index is 500. The van der Waals surface area contributed by atoms with Crippen LogP contribution in [0, 0.1) is 0 Å². The Morgan fingerprint density at radius 2 is 2.14 bits per heavy atom. The Morgan fingerprint density at radius 1 is 1.33 bits per heavy atom. The minimum atomic E-state index is 0.396. The number of hydrogen-bond acceptors (Lipinski definition) is 3. The van der Waals surface area contributed by atoms with Gasteiger partial charge in [0.25, 0.3) is 0 Å². The Kier molecular flexibility index (Phi) is 4.72. The van der Waals surface area contributed by atoms with Crippen LogP contribution >= 0.6 is 23.4 Å². The second-order valence-electron chi connectivity index (χ2n) is 6.78. The summed E-state index contributed by atoms with van der Waals surface area (Å²) in [6, 6.07) is 7.30. The zero-order valence-electron chi connectivity index (χ0n) is 13.0. The van der Waals surface area contributed by atoms with E-state index in [1.165, 1.54) is 36.3 Å². The standard InChI is InChI=1S/C17H25ClN2S/c1-17(2)7-8-20(9-10-21-17)15-6-3-13(16(18)11-15)12-19-14-4-5-14/h3,6,11,14,19H,4-5,7-10,12H2,1-2H3. The lowest BCUT2D eigenvalue weighted by Gasteiger charge is -2.24. The van der Waals surface area contributed by atoms with Crippen molar-refractivity contribution in [1.82, 2.24) is 5.32 Å². The molecule has 0 spiro atoms. The molecule has 1 aromatic carbocycles. The molecule has 3 rings (SSSR count). The van der Waals surface area contributed by atoms with Crippen LogP contribution in [0.1, 0.15) is 38.7 Å². The zero-order valence-corrected chi connectivity index (χ0v) is 14.6. The fourth-order valence-electron chi connectivity index (χ4n) is 2.70. The highest BCUT2D eigenvalue weighted by Gasteiger charge is 2.24. The summed E-state index contributed by atoms with van der Waals surface area (Å²) in [5, 5.41) is 4.43. The third-order valence-corrected chi connectivity index (χ3v) is 6.12. The van der Waals surface area contributed by atoms with Crippen molar-refractivity contribution in [2.75, 3.05) is 23.7 Å². The van der Waals surface area contributed by atoms with E-state index in [9.17, 15) is 0 Å². The van der Waals surface area contributed by atoms with Crippen LogP contribution in [-0.4, -0.2) is 29.6 Å². The van der Waals surface area contributed by atoms with Gasteiger partial charge in [-0.1, -0.05) is 31.5 Å². The number of benzene rings is 1. The average molecular weight is 325 g/mol. The quantitative estimate of drug-likeness (QED) is 0.888. The Labute approximate surface area is 137 Å². The molecule has 1 saturated carbocycles. The molecule has 2 nitrogen and oxygen atoms in total. The van der Waals surface area contributed by atoms with Gasteiger partial charge in [-0.05, 0) is 37.0 Å². The average Bonchev–Trinajstić information content (AvgIpc) is 3.25. The van der Waals surface area contributed by atoms with Crippen LogP contribution in [0.4, 0.5) is 5.69 Å². The van der Waals surface area contributed by atoms with Gasteiger partial charge in [0.15, 0.2) is 0 Å². The van der Waals surface area contributed by atoms with Crippen molar-refractivity contribution in [2.45, 2.75) is 50.4 Å². The smallest absolute Gasteiger partial charge is 0.0471 e. The summed E-state index contributed by atoms with van der Waals surface area (Å²) in [6.07, 6.45) is 3.86. The molecular weight excluding hydrogens is 300 g/mol. The summed E-state index contributed by atoms with van der Waals surface area (Å²) in [6.45, 7) is 7.83. The van der Waals surface area contributed by atoms with Crippen LogP contribution in [0.15, 0.2) is 18.2 Å². The van der Waals surface area contributed by atoms with Crippen molar-refractivity contribution in [2.24, 2.45) is 0 Å². The highest BCUT2D eigenvalue weighted by atomic mass is 35.5. The third-order valence-electron chi connectivity index (χ3n) is 4.40. The molecule has 1 saturated heterocycles. The second-order valence-corrected chi connectivity index (χ2v) is 8.99. The summed E-state index contributed by atoms with van der Waals surface area (Å²) in [4.78, 5) is 2.48. The molecule has 2 fully saturated rings. The molecule has 0 bridgehead atoms. The van der Waals surface area contributed by atoms with Crippen molar-refractivity contribution in [3.05, 3.63) is 28.8 Å². The molecule has 1 aliphatic carbocycles. The highest BCUT2D eigenvalue weighted by Crippen LogP contribution is 2.33. The fourth-order valence-corrected chi connectivity index (χ4v) is 4.04. The molecule has 0 radical (unpaired) electrons. The molecule has 116 valence electrons. The molecule has 4 heteroatoms. The summed E-state index contributed by atoms with van der Waals surface area (Å²) >= 11 is 8.56. The van der Waals surface area contributed by atoms with Crippen LogP contribution < -0.4 is 10.2 Å². The van der Waals surface area contributed by atoms with Crippen molar-refractivity contribution in [3.8, 4) is 0 Å². The molecule has 0 amide bonds. The van der Waals surface area contributed by atoms with Gasteiger partial charge in [-0.2, -0.15) is 11.8 Å². The van der Waals surface area contributed by atoms with Gasteiger partial charge in [0, 0.05) is 46.9 Å². The van der Waals surface area contributed by atoms with E-state index in [4.69, 9.17) is 11.6 Å². The Morgan fingerprint density at radius 3 is 2.86 bits per heavy atom. The van der Waals surface area contributed by atoms with Gasteiger partial charge in [0.1, 0.15) is 0 Å². The van der Waals surface area contributed by atoms with E-state index in [2.05, 4.69) is 54.0 Å². The van der Waals surface area contributed by atoms with Crippen LogP contribution in [0.25, 0.3) is 0 Å². The minimum absolute atomic E-state index is 0.396. The SMILES string of the molecule is CC1(C)CCN(c2ccc(CNC3CC3)c(Cl)c2)CCS1. The topological polar surface area (TPSA) is 15.3 Å². The van der Waals surface area contributed by atoms with Crippen LogP contribution in [-0.2, 0) is 6.54 Å². The maximum Gasteiger partial charge on any atom is 0.0471 e. The summed E-state index contributed by atoms with van der Waals surface area (Å²) < 4.78 is 0.396. The molecule has 0 aromatic heterocycles. The van der Waals surface area contributed by atoms with Crippen molar-refractivity contribution >= 4 is 29.1 Å². The highest BCUT2D eigenvalue weighted by molar-refractivity contribution is 8.00. The lowest BCUT2D eigenvalue weighted by molar-refractivity contribution is 0.637. The number of nitrogens with zero attached hydrogens (tertiary/aromatic N) is 1. The molecule has 0 unspecified atom stereocenters. The summed E-state index contributed by atoms with van der Waals surface area (Å²) in [5.41, 5.74) is 2.49. The van der Waals surface area contributed by atoms with Gasteiger partial charge >= 0.3 is 0 Å². The Hall–Kier alpha value is -0.380. The van der Waals surface area contributed by atoms with E-state index in [0.29, 0.717) is 4.75 Å². The van der Waals surface area contributed by atoms with Gasteiger partial charge < -0.3 is 10.2 Å². The largest absolute Gasteiger partial charge is 0.371 e. The molecule has 1 heterocycles. The lowest BCUT2D eigenvalue weighted by atomic mass is 10.1. The van der Waals surface area contributed by atoms with Crippen molar-refractivity contribution in [1.29, 1.82) is 0 Å². The van der Waals surface area contributed by atoms with Crippen LogP contribution in [0.3, 0.4) is 0 Å². The number of hydrogen-bond donors (Lipinski definition) is 1. The predicted molar refractivity (Wildman–Crippen MR) is 94.7 cm³/mol. The summed E-state index contributed by atoms with van der Waals surface area (Å²) in [7, 11) is 0. The second kappa shape index (κ2) is 6.39. The fraction of sp³-hybridized carbons (Fsp3) is 0.647. The maximum atomic E-state index is 6.48. The van der Waals surface area contributed by atoms with Gasteiger partial charge in [-0.3, -0.25) is 0 Å². The first kappa shape index (κ1) is 15.5. The molecule has 1 aliphatic heterocycles. The van der Waals surface area contributed by atoms with E-state index in [-0.39, 0.29) is 0 Å². The Balaban J connectivity index is 1.65. The number of rotatable bonds is 4. The lowest BCUT2D eigenvalue weighted by Crippen LogP contribution is -2.27. The maximum absolute atomic E-state index is 6.48. The van der Waals surface area contributed by atoms with E-state index < -0.39 is 0 Å². The number of nitrogens with one attached hydrogen (secondary N) is 1. The number of anilines is 1. The van der Waals surface area contributed by atoms with Crippen LogP contribution in [0.2, 0.25) is 5.02 Å². The molecule has 1 N–H and O–H groups in total. The first-order valence-electron chi connectivity index (χ1n) is 7.94. The molecule has 0 atom stereocenters. The first-order valence-corrected chi connectivity index (χ1v) is 9.31. The number of halogens is 1. The minimum Gasteiger partial charge on any atom is -0.371 e. The van der Waals surface area contributed by atoms with Crippen LogP contribution in [0.5, 0.6) is 0 Å². The van der Waals surface area contributed by atoms with E-state index in [1.54, 1.807) is 0 Å². The van der Waals surface area contributed by atoms with Gasteiger partial charge in [-0.25, -0.2) is 0 Å². The predicted octanol–water partition coefficient (Wildman–Crippen LogP) is 4.31. The monoisotopic (exact) mass is 324 g/mol. The molecule has 1 aromatic rings. The van der Waals surface area contributed by atoms with E-state index >= 15 is 0 Å².